The number of aryl methyl sites for hydroxylation is 1. The summed E-state index contributed by atoms with van der Waals surface area (Å²) in [5.74, 6) is 0.108. The molecule has 1 N–H and O–H groups in total. The van der Waals surface area contributed by atoms with Gasteiger partial charge in [0, 0.05) is 20.5 Å². The number of nitrogens with zero attached hydrogens (tertiary/aromatic N) is 1. The summed E-state index contributed by atoms with van der Waals surface area (Å²) < 4.78 is 43.4. The molecule has 0 aliphatic heterocycles. The largest absolute Gasteiger partial charge is 0.492 e. The zero-order valence-electron chi connectivity index (χ0n) is 15.3. The van der Waals surface area contributed by atoms with Crippen LogP contribution < -0.4 is 10.1 Å². The molecule has 0 fully saturated rings. The van der Waals surface area contributed by atoms with Gasteiger partial charge in [-0.3, -0.25) is 4.79 Å². The number of benzene rings is 2. The molecule has 0 aliphatic carbocycles. The van der Waals surface area contributed by atoms with Gasteiger partial charge in [0.15, 0.2) is 0 Å². The van der Waals surface area contributed by atoms with Crippen molar-refractivity contribution in [1.29, 1.82) is 0 Å². The van der Waals surface area contributed by atoms with Crippen LogP contribution in [0.3, 0.4) is 0 Å². The summed E-state index contributed by atoms with van der Waals surface area (Å²) in [6.45, 7) is 0.599. The first-order valence-corrected chi connectivity index (χ1v) is 9.89. The molecule has 27 heavy (non-hydrogen) atoms. The van der Waals surface area contributed by atoms with Crippen LogP contribution in [0.2, 0.25) is 0 Å². The lowest BCUT2D eigenvalue weighted by molar-refractivity contribution is -0.121. The van der Waals surface area contributed by atoms with Crippen molar-refractivity contribution < 1.29 is 22.3 Å². The minimum Gasteiger partial charge on any atom is -0.492 e. The molecule has 0 bridgehead atoms. The molecule has 0 aromatic heterocycles. The molecule has 0 atom stereocenters. The number of halogens is 1. The molecule has 2 aromatic rings. The molecular formula is C19H23FN2O4S. The highest BCUT2D eigenvalue weighted by Crippen LogP contribution is 2.17. The van der Waals surface area contributed by atoms with E-state index in [4.69, 9.17) is 4.74 Å². The minimum absolute atomic E-state index is 0.115. The van der Waals surface area contributed by atoms with E-state index in [1.165, 1.54) is 38.4 Å². The number of ether oxygens (including phenoxy) is 1. The third-order valence-electron chi connectivity index (χ3n) is 3.85. The molecule has 0 aliphatic rings. The van der Waals surface area contributed by atoms with Gasteiger partial charge in [0.25, 0.3) is 0 Å². The van der Waals surface area contributed by atoms with Crippen LogP contribution in [0.4, 0.5) is 4.39 Å². The number of amides is 1. The molecule has 1 amide bonds. The summed E-state index contributed by atoms with van der Waals surface area (Å²) in [6, 6.07) is 12.2. The smallest absolute Gasteiger partial charge is 0.242 e. The minimum atomic E-state index is -3.46. The van der Waals surface area contributed by atoms with Crippen LogP contribution in [0, 0.1) is 5.82 Å². The highest BCUT2D eigenvalue weighted by atomic mass is 32.2. The average Bonchev–Trinajstić information content (AvgIpc) is 2.65. The Morgan fingerprint density at radius 1 is 1.07 bits per heavy atom. The molecular weight excluding hydrogens is 371 g/mol. The van der Waals surface area contributed by atoms with Crippen molar-refractivity contribution >= 4 is 15.9 Å². The molecule has 146 valence electrons. The third-order valence-corrected chi connectivity index (χ3v) is 5.68. The SMILES string of the molecule is CN(C)S(=O)(=O)c1ccc(OCCNC(=O)CCc2ccc(F)cc2)cc1. The van der Waals surface area contributed by atoms with Crippen molar-refractivity contribution in [3.8, 4) is 5.75 Å². The van der Waals surface area contributed by atoms with Crippen LogP contribution in [0.1, 0.15) is 12.0 Å². The van der Waals surface area contributed by atoms with Crippen molar-refractivity contribution in [2.24, 2.45) is 0 Å². The average molecular weight is 394 g/mol. The third kappa shape index (κ3) is 6.33. The normalized spacial score (nSPS) is 11.4. The van der Waals surface area contributed by atoms with Gasteiger partial charge in [-0.05, 0) is 48.4 Å². The van der Waals surface area contributed by atoms with Gasteiger partial charge in [-0.15, -0.1) is 0 Å². The maximum atomic E-state index is 12.8. The molecule has 0 saturated heterocycles. The zero-order valence-corrected chi connectivity index (χ0v) is 16.1. The molecule has 0 radical (unpaired) electrons. The molecule has 2 aromatic carbocycles. The van der Waals surface area contributed by atoms with Gasteiger partial charge < -0.3 is 10.1 Å². The van der Waals surface area contributed by atoms with Gasteiger partial charge in [0.05, 0.1) is 11.4 Å². The quantitative estimate of drug-likeness (QED) is 0.662. The zero-order chi connectivity index (χ0) is 19.9. The van der Waals surface area contributed by atoms with E-state index in [2.05, 4.69) is 5.32 Å². The number of carbonyl (C=O) groups excluding carboxylic acids is 1. The number of nitrogens with one attached hydrogen (secondary N) is 1. The fraction of sp³-hybridized carbons (Fsp3) is 0.316. The van der Waals surface area contributed by atoms with Crippen LogP contribution in [0.25, 0.3) is 0 Å². The summed E-state index contributed by atoms with van der Waals surface area (Å²) in [7, 11) is -0.520. The Bertz CT molecular complexity index is 850. The summed E-state index contributed by atoms with van der Waals surface area (Å²) >= 11 is 0. The van der Waals surface area contributed by atoms with Crippen LogP contribution in [0.15, 0.2) is 53.4 Å². The molecule has 0 spiro atoms. The van der Waals surface area contributed by atoms with Gasteiger partial charge >= 0.3 is 0 Å². The lowest BCUT2D eigenvalue weighted by Gasteiger charge is -2.12. The first-order valence-electron chi connectivity index (χ1n) is 8.45. The van der Waals surface area contributed by atoms with Gasteiger partial charge in [-0.1, -0.05) is 12.1 Å². The number of sulfonamides is 1. The second kappa shape index (κ2) is 9.48. The van der Waals surface area contributed by atoms with E-state index in [0.29, 0.717) is 25.1 Å². The Balaban J connectivity index is 1.70. The van der Waals surface area contributed by atoms with Crippen LogP contribution in [0.5, 0.6) is 5.75 Å². The molecule has 0 heterocycles. The van der Waals surface area contributed by atoms with Gasteiger partial charge in [-0.25, -0.2) is 17.1 Å². The van der Waals surface area contributed by atoms with Crippen molar-refractivity contribution in [3.05, 3.63) is 59.9 Å². The molecule has 0 unspecified atom stereocenters. The van der Waals surface area contributed by atoms with E-state index in [1.54, 1.807) is 24.3 Å². The van der Waals surface area contributed by atoms with E-state index >= 15 is 0 Å². The predicted molar refractivity (Wildman–Crippen MR) is 101 cm³/mol. The van der Waals surface area contributed by atoms with Gasteiger partial charge in [-0.2, -0.15) is 0 Å². The highest BCUT2D eigenvalue weighted by molar-refractivity contribution is 7.89. The summed E-state index contributed by atoms with van der Waals surface area (Å²) in [5.41, 5.74) is 0.899. The summed E-state index contributed by atoms with van der Waals surface area (Å²) in [6.07, 6.45) is 0.845. The Labute approximate surface area is 159 Å². The van der Waals surface area contributed by atoms with Crippen molar-refractivity contribution in [2.45, 2.75) is 17.7 Å². The molecule has 8 heteroatoms. The van der Waals surface area contributed by atoms with Gasteiger partial charge in [0.2, 0.25) is 15.9 Å². The van der Waals surface area contributed by atoms with Crippen LogP contribution in [-0.2, 0) is 21.2 Å². The first-order chi connectivity index (χ1) is 12.8. The number of hydrogen-bond donors (Lipinski definition) is 1. The van der Waals surface area contributed by atoms with E-state index in [1.807, 2.05) is 0 Å². The monoisotopic (exact) mass is 394 g/mol. The Morgan fingerprint density at radius 2 is 1.70 bits per heavy atom. The van der Waals surface area contributed by atoms with Crippen molar-refractivity contribution in [3.63, 3.8) is 0 Å². The summed E-state index contributed by atoms with van der Waals surface area (Å²) in [4.78, 5) is 12.0. The second-order valence-corrected chi connectivity index (χ2v) is 8.24. The molecule has 2 rings (SSSR count). The van der Waals surface area contributed by atoms with E-state index < -0.39 is 10.0 Å². The maximum absolute atomic E-state index is 12.8. The second-order valence-electron chi connectivity index (χ2n) is 6.08. The lowest BCUT2D eigenvalue weighted by Crippen LogP contribution is -2.28. The van der Waals surface area contributed by atoms with E-state index in [-0.39, 0.29) is 23.2 Å². The van der Waals surface area contributed by atoms with Crippen LogP contribution in [-0.4, -0.2) is 45.9 Å². The van der Waals surface area contributed by atoms with E-state index in [9.17, 15) is 17.6 Å². The lowest BCUT2D eigenvalue weighted by atomic mass is 10.1. The Morgan fingerprint density at radius 3 is 2.30 bits per heavy atom. The number of hydrogen-bond acceptors (Lipinski definition) is 4. The summed E-state index contributed by atoms with van der Waals surface area (Å²) in [5, 5.41) is 2.74. The Kier molecular flexibility index (Phi) is 7.32. The van der Waals surface area contributed by atoms with Crippen LogP contribution >= 0.6 is 0 Å². The van der Waals surface area contributed by atoms with Crippen molar-refractivity contribution in [2.75, 3.05) is 27.2 Å². The predicted octanol–water partition coefficient (Wildman–Crippen LogP) is 2.20. The molecule has 0 saturated carbocycles. The molecule has 6 nitrogen and oxygen atoms in total. The maximum Gasteiger partial charge on any atom is 0.242 e. The topological polar surface area (TPSA) is 75.7 Å². The fourth-order valence-corrected chi connectivity index (χ4v) is 3.18. The number of carbonyl (C=O) groups is 1. The number of rotatable bonds is 9. The standard InChI is InChI=1S/C19H23FN2O4S/c1-22(2)27(24,25)18-10-8-17(9-11-18)26-14-13-21-19(23)12-5-15-3-6-16(20)7-4-15/h3-4,6-11H,5,12-14H2,1-2H3,(H,21,23). The Hall–Kier alpha value is -2.45. The fourth-order valence-electron chi connectivity index (χ4n) is 2.28. The van der Waals surface area contributed by atoms with Gasteiger partial charge in [0.1, 0.15) is 18.2 Å². The van der Waals surface area contributed by atoms with Crippen molar-refractivity contribution in [1.82, 2.24) is 9.62 Å². The first kappa shape index (κ1) is 20.9. The van der Waals surface area contributed by atoms with E-state index in [0.717, 1.165) is 9.87 Å². The highest BCUT2D eigenvalue weighted by Gasteiger charge is 2.16.